The summed E-state index contributed by atoms with van der Waals surface area (Å²) >= 11 is 0. The molecule has 1 heterocycles. The van der Waals surface area contributed by atoms with E-state index in [1.807, 2.05) is 60.7 Å². The van der Waals surface area contributed by atoms with Gasteiger partial charge in [0.25, 0.3) is 0 Å². The van der Waals surface area contributed by atoms with Crippen LogP contribution >= 0.6 is 0 Å². The molecule has 2 unspecified atom stereocenters. The fourth-order valence-electron chi connectivity index (χ4n) is 4.93. The smallest absolute Gasteiger partial charge is 0.326 e. The summed E-state index contributed by atoms with van der Waals surface area (Å²) in [6.07, 6.45) is 1.94. The molecule has 178 valence electrons. The summed E-state index contributed by atoms with van der Waals surface area (Å²) in [5.74, 6) is -1.42. The first-order chi connectivity index (χ1) is 17.0. The summed E-state index contributed by atoms with van der Waals surface area (Å²) < 4.78 is 5.85. The minimum Gasteiger partial charge on any atom is -0.490 e. The molecule has 3 aromatic rings. The van der Waals surface area contributed by atoms with Crippen LogP contribution in [0.25, 0.3) is 11.1 Å². The van der Waals surface area contributed by atoms with E-state index in [0.29, 0.717) is 43.0 Å². The quantitative estimate of drug-likeness (QED) is 0.482. The number of nitrogens with zero attached hydrogens (tertiary/aromatic N) is 1. The van der Waals surface area contributed by atoms with Gasteiger partial charge in [-0.25, -0.2) is 4.79 Å². The second-order valence-electron chi connectivity index (χ2n) is 8.90. The van der Waals surface area contributed by atoms with Crippen LogP contribution in [0.5, 0.6) is 5.75 Å². The average molecular weight is 471 g/mol. The topological polar surface area (TPSA) is 95.9 Å². The molecule has 5 rings (SSSR count). The predicted octanol–water partition coefficient (Wildman–Crippen LogP) is 5.47. The summed E-state index contributed by atoms with van der Waals surface area (Å²) in [6.45, 7) is 0.832. The zero-order chi connectivity index (χ0) is 24.4. The molecule has 35 heavy (non-hydrogen) atoms. The van der Waals surface area contributed by atoms with E-state index in [1.165, 1.54) is 0 Å². The van der Waals surface area contributed by atoms with E-state index in [4.69, 9.17) is 4.74 Å². The third-order valence-electron chi connectivity index (χ3n) is 6.77. The van der Waals surface area contributed by atoms with Crippen molar-refractivity contribution < 1.29 is 24.2 Å². The van der Waals surface area contributed by atoms with Gasteiger partial charge in [0.15, 0.2) is 5.78 Å². The molecule has 1 saturated carbocycles. The summed E-state index contributed by atoms with van der Waals surface area (Å²) in [7, 11) is 0. The number of hydrogen-bond donors (Lipinski definition) is 2. The third-order valence-corrected chi connectivity index (χ3v) is 6.77. The second-order valence-corrected chi connectivity index (χ2v) is 8.90. The molecular formula is C28H26N2O5. The molecule has 0 bridgehead atoms. The van der Waals surface area contributed by atoms with Crippen LogP contribution in [0.15, 0.2) is 72.8 Å². The Labute approximate surface area is 203 Å². The first kappa shape index (κ1) is 22.7. The molecule has 0 saturated heterocycles. The molecule has 2 aliphatic rings. The average Bonchev–Trinajstić information content (AvgIpc) is 3.39. The van der Waals surface area contributed by atoms with E-state index in [-0.39, 0.29) is 11.8 Å². The summed E-state index contributed by atoms with van der Waals surface area (Å²) in [4.78, 5) is 38.9. The van der Waals surface area contributed by atoms with Crippen molar-refractivity contribution in [2.45, 2.75) is 19.3 Å². The van der Waals surface area contributed by atoms with Crippen LogP contribution in [0, 0.1) is 11.8 Å². The maximum Gasteiger partial charge on any atom is 0.326 e. The Balaban J connectivity index is 1.33. The Bertz CT molecular complexity index is 1260. The zero-order valence-electron chi connectivity index (χ0n) is 19.1. The Morgan fingerprint density at radius 2 is 1.60 bits per heavy atom. The minimum absolute atomic E-state index is 0.102. The lowest BCUT2D eigenvalue weighted by molar-refractivity contribution is -0.142. The Morgan fingerprint density at radius 3 is 2.34 bits per heavy atom. The highest BCUT2D eigenvalue weighted by atomic mass is 16.5. The van der Waals surface area contributed by atoms with Gasteiger partial charge in [-0.3, -0.25) is 14.5 Å². The van der Waals surface area contributed by atoms with Crippen molar-refractivity contribution in [3.63, 3.8) is 0 Å². The van der Waals surface area contributed by atoms with Gasteiger partial charge in [-0.1, -0.05) is 55.0 Å². The molecule has 7 heteroatoms. The van der Waals surface area contributed by atoms with E-state index in [0.717, 1.165) is 23.2 Å². The highest BCUT2D eigenvalue weighted by molar-refractivity contribution is 6.03. The number of ether oxygens (including phenoxy) is 1. The number of fused-ring (bicyclic) bond motifs is 1. The van der Waals surface area contributed by atoms with Crippen LogP contribution in [0.1, 0.15) is 29.6 Å². The zero-order valence-corrected chi connectivity index (χ0v) is 19.1. The van der Waals surface area contributed by atoms with Crippen LogP contribution in [-0.2, 0) is 4.79 Å². The fraction of sp³-hybridized carbons (Fsp3) is 0.250. The Morgan fingerprint density at radius 1 is 0.886 bits per heavy atom. The number of aliphatic carboxylic acids is 1. The third kappa shape index (κ3) is 4.62. The van der Waals surface area contributed by atoms with E-state index in [2.05, 4.69) is 5.32 Å². The number of hydrogen-bond acceptors (Lipinski definition) is 4. The van der Waals surface area contributed by atoms with Gasteiger partial charge in [0.2, 0.25) is 0 Å². The molecular weight excluding hydrogens is 444 g/mol. The normalized spacial score (nSPS) is 18.9. The summed E-state index contributed by atoms with van der Waals surface area (Å²) in [5.41, 5.74) is 3.76. The van der Waals surface area contributed by atoms with Gasteiger partial charge in [-0.15, -0.1) is 0 Å². The molecule has 3 aromatic carbocycles. The lowest BCUT2D eigenvalue weighted by Crippen LogP contribution is -2.40. The predicted molar refractivity (Wildman–Crippen MR) is 133 cm³/mol. The minimum atomic E-state index is -0.891. The SMILES string of the molecule is O=C(O)C1CCCC1C(=O)c1ccc(-c2ccc3c(c2)OCCN3C(=O)Nc2ccccc2)cc1. The molecule has 0 spiro atoms. The fourth-order valence-corrected chi connectivity index (χ4v) is 4.93. The van der Waals surface area contributed by atoms with Gasteiger partial charge in [0.1, 0.15) is 12.4 Å². The van der Waals surface area contributed by atoms with Gasteiger partial charge in [0.05, 0.1) is 18.2 Å². The van der Waals surface area contributed by atoms with Crippen molar-refractivity contribution in [1.29, 1.82) is 0 Å². The Hall–Kier alpha value is -4.13. The van der Waals surface area contributed by atoms with Crippen molar-refractivity contribution in [3.05, 3.63) is 78.4 Å². The maximum atomic E-state index is 12.9. The molecule has 0 radical (unpaired) electrons. The summed E-state index contributed by atoms with van der Waals surface area (Å²) in [5, 5.41) is 12.3. The highest BCUT2D eigenvalue weighted by Gasteiger charge is 2.38. The van der Waals surface area contributed by atoms with E-state index < -0.39 is 17.8 Å². The van der Waals surface area contributed by atoms with Crippen LogP contribution in [0.4, 0.5) is 16.2 Å². The molecule has 1 aliphatic carbocycles. The van der Waals surface area contributed by atoms with Crippen LogP contribution < -0.4 is 15.0 Å². The monoisotopic (exact) mass is 470 g/mol. The Kier molecular flexibility index (Phi) is 6.23. The van der Waals surface area contributed by atoms with Gasteiger partial charge >= 0.3 is 12.0 Å². The number of carboxylic acid groups (broad SMARTS) is 1. The van der Waals surface area contributed by atoms with Gasteiger partial charge in [0, 0.05) is 17.2 Å². The number of urea groups is 1. The van der Waals surface area contributed by atoms with Crippen molar-refractivity contribution in [2.75, 3.05) is 23.4 Å². The first-order valence-corrected chi connectivity index (χ1v) is 11.8. The molecule has 1 aliphatic heterocycles. The molecule has 1 fully saturated rings. The van der Waals surface area contributed by atoms with Crippen LogP contribution in [-0.4, -0.2) is 36.0 Å². The number of ketones is 1. The molecule has 2 atom stereocenters. The number of amides is 2. The van der Waals surface area contributed by atoms with E-state index >= 15 is 0 Å². The number of anilines is 2. The van der Waals surface area contributed by atoms with E-state index in [9.17, 15) is 19.5 Å². The maximum absolute atomic E-state index is 12.9. The first-order valence-electron chi connectivity index (χ1n) is 11.8. The van der Waals surface area contributed by atoms with Crippen molar-refractivity contribution in [2.24, 2.45) is 11.8 Å². The standard InChI is InChI=1S/C28H26N2O5/c31-26(22-7-4-8-23(22)27(32)33)19-11-9-18(10-12-19)20-13-14-24-25(17-20)35-16-15-30(24)28(34)29-21-5-2-1-3-6-21/h1-3,5-6,9-14,17,22-23H,4,7-8,15-16H2,(H,29,34)(H,32,33). The second kappa shape index (κ2) is 9.62. The number of carboxylic acids is 1. The number of carbonyl (C=O) groups excluding carboxylic acids is 2. The van der Waals surface area contributed by atoms with Crippen molar-refractivity contribution >= 4 is 29.2 Å². The lowest BCUT2D eigenvalue weighted by atomic mass is 9.88. The van der Waals surface area contributed by atoms with Crippen LogP contribution in [0.2, 0.25) is 0 Å². The molecule has 2 amide bonds. The van der Waals surface area contributed by atoms with Crippen LogP contribution in [0.3, 0.4) is 0 Å². The van der Waals surface area contributed by atoms with Crippen molar-refractivity contribution in [1.82, 2.24) is 0 Å². The summed E-state index contributed by atoms with van der Waals surface area (Å²) in [6, 6.07) is 22.0. The number of nitrogens with one attached hydrogen (secondary N) is 1. The van der Waals surface area contributed by atoms with E-state index in [1.54, 1.807) is 17.0 Å². The van der Waals surface area contributed by atoms with Gasteiger partial charge < -0.3 is 15.2 Å². The number of benzene rings is 3. The van der Waals surface area contributed by atoms with Gasteiger partial charge in [-0.2, -0.15) is 0 Å². The number of carbonyl (C=O) groups is 3. The largest absolute Gasteiger partial charge is 0.490 e. The molecule has 2 N–H and O–H groups in total. The lowest BCUT2D eigenvalue weighted by Gasteiger charge is -2.30. The number of Topliss-reactive ketones (excluding diaryl/α,β-unsaturated/α-hetero) is 1. The highest BCUT2D eigenvalue weighted by Crippen LogP contribution is 2.37. The number of rotatable bonds is 5. The molecule has 7 nitrogen and oxygen atoms in total. The number of para-hydroxylation sites is 1. The van der Waals surface area contributed by atoms with Gasteiger partial charge in [-0.05, 0) is 48.2 Å². The molecule has 0 aromatic heterocycles. The van der Waals surface area contributed by atoms with Crippen molar-refractivity contribution in [3.8, 4) is 16.9 Å².